The number of hydrogen-bond donors (Lipinski definition) is 1. The molecule has 3 aromatic rings. The van der Waals surface area contributed by atoms with Gasteiger partial charge >= 0.3 is 0 Å². The van der Waals surface area contributed by atoms with Crippen LogP contribution in [0.4, 0.5) is 5.82 Å². The lowest BCUT2D eigenvalue weighted by molar-refractivity contribution is -0.122. The smallest absolute Gasteiger partial charge is 0.266 e. The van der Waals surface area contributed by atoms with Gasteiger partial charge in [-0.15, -0.1) is 0 Å². The normalized spacial score (nSPS) is 12.0. The fraction of sp³-hybridized carbons (Fsp3) is 0.222. The van der Waals surface area contributed by atoms with Gasteiger partial charge in [0.05, 0.1) is 12.5 Å². The van der Waals surface area contributed by atoms with E-state index >= 15 is 0 Å². The highest BCUT2D eigenvalue weighted by Crippen LogP contribution is 2.22. The van der Waals surface area contributed by atoms with Crippen LogP contribution in [0.25, 0.3) is 0 Å². The number of nitrogens with zero attached hydrogens (tertiary/aromatic N) is 2. The van der Waals surface area contributed by atoms with Crippen molar-refractivity contribution in [2.75, 3.05) is 5.32 Å². The van der Waals surface area contributed by atoms with E-state index in [1.165, 1.54) is 0 Å². The third kappa shape index (κ3) is 4.22. The molecule has 7 heteroatoms. The first-order valence-electron chi connectivity index (χ1n) is 7.81. The van der Waals surface area contributed by atoms with Crippen molar-refractivity contribution in [3.8, 4) is 5.75 Å². The van der Waals surface area contributed by atoms with Crippen molar-refractivity contribution in [3.05, 3.63) is 65.2 Å². The minimum Gasteiger partial charge on any atom is -0.481 e. The summed E-state index contributed by atoms with van der Waals surface area (Å²) in [4.78, 5) is 12.4. The van der Waals surface area contributed by atoms with Gasteiger partial charge in [0.2, 0.25) is 0 Å². The van der Waals surface area contributed by atoms with Crippen LogP contribution in [0, 0.1) is 6.92 Å². The molecule has 0 saturated heterocycles. The van der Waals surface area contributed by atoms with E-state index in [0.29, 0.717) is 23.1 Å². The van der Waals surface area contributed by atoms with Crippen LogP contribution >= 0.6 is 11.6 Å². The summed E-state index contributed by atoms with van der Waals surface area (Å²) in [6.45, 7) is 4.00. The average Bonchev–Trinajstić information content (AvgIpc) is 3.24. The molecule has 3 rings (SSSR count). The van der Waals surface area contributed by atoms with Crippen LogP contribution in [-0.2, 0) is 11.3 Å². The summed E-state index contributed by atoms with van der Waals surface area (Å²) in [5.74, 6) is 1.65. The van der Waals surface area contributed by atoms with Crippen molar-refractivity contribution < 1.29 is 13.9 Å². The number of rotatable bonds is 6. The lowest BCUT2D eigenvalue weighted by Gasteiger charge is -2.16. The summed E-state index contributed by atoms with van der Waals surface area (Å²) in [6.07, 6.45) is 2.54. The summed E-state index contributed by atoms with van der Waals surface area (Å²) in [7, 11) is 0. The number of ether oxygens (including phenoxy) is 1. The zero-order valence-electron chi connectivity index (χ0n) is 13.9. The fourth-order valence-electron chi connectivity index (χ4n) is 2.29. The molecule has 0 fully saturated rings. The molecule has 0 aliphatic rings. The van der Waals surface area contributed by atoms with Gasteiger partial charge in [-0.1, -0.05) is 11.6 Å². The van der Waals surface area contributed by atoms with E-state index in [-0.39, 0.29) is 5.91 Å². The summed E-state index contributed by atoms with van der Waals surface area (Å²) in [5, 5.41) is 7.67. The van der Waals surface area contributed by atoms with E-state index in [4.69, 9.17) is 20.8 Å². The molecule has 25 heavy (non-hydrogen) atoms. The molecule has 0 aliphatic carbocycles. The Morgan fingerprint density at radius 2 is 2.24 bits per heavy atom. The highest BCUT2D eigenvalue weighted by Gasteiger charge is 2.17. The largest absolute Gasteiger partial charge is 0.481 e. The number of anilines is 1. The zero-order valence-corrected chi connectivity index (χ0v) is 14.7. The van der Waals surface area contributed by atoms with Crippen LogP contribution in [0.2, 0.25) is 5.02 Å². The summed E-state index contributed by atoms with van der Waals surface area (Å²) < 4.78 is 12.6. The van der Waals surface area contributed by atoms with E-state index in [0.717, 1.165) is 11.3 Å². The molecule has 0 bridgehead atoms. The number of halogens is 1. The molecule has 0 spiro atoms. The van der Waals surface area contributed by atoms with Gasteiger partial charge in [0.1, 0.15) is 23.9 Å². The Bertz CT molecular complexity index is 858. The van der Waals surface area contributed by atoms with Crippen LogP contribution < -0.4 is 10.1 Å². The van der Waals surface area contributed by atoms with Crippen molar-refractivity contribution in [2.45, 2.75) is 26.5 Å². The molecule has 130 valence electrons. The minimum atomic E-state index is -0.674. The minimum absolute atomic E-state index is 0.270. The Morgan fingerprint density at radius 1 is 1.40 bits per heavy atom. The molecular weight excluding hydrogens is 342 g/mol. The Balaban J connectivity index is 1.63. The number of nitrogens with one attached hydrogen (secondary N) is 1. The molecule has 2 aromatic heterocycles. The Kier molecular flexibility index (Phi) is 5.09. The predicted molar refractivity (Wildman–Crippen MR) is 94.9 cm³/mol. The number of hydrogen-bond acceptors (Lipinski definition) is 4. The molecule has 0 radical (unpaired) electrons. The van der Waals surface area contributed by atoms with E-state index < -0.39 is 6.10 Å². The van der Waals surface area contributed by atoms with Gasteiger partial charge in [-0.25, -0.2) is 4.68 Å². The molecule has 1 aromatic carbocycles. The molecule has 1 atom stereocenters. The Hall–Kier alpha value is -2.73. The first-order chi connectivity index (χ1) is 12.0. The second kappa shape index (κ2) is 7.44. The van der Waals surface area contributed by atoms with Gasteiger partial charge in [-0.2, -0.15) is 5.10 Å². The van der Waals surface area contributed by atoms with Crippen LogP contribution in [0.1, 0.15) is 18.2 Å². The number of furan rings is 1. The van der Waals surface area contributed by atoms with E-state index in [2.05, 4.69) is 10.4 Å². The Labute approximate surface area is 150 Å². The number of amides is 1. The SMILES string of the molecule is Cc1cc(O[C@@H](C)C(=O)Nc2ccnn2Cc2ccco2)ccc1Cl. The summed E-state index contributed by atoms with van der Waals surface area (Å²) in [6, 6.07) is 10.7. The van der Waals surface area contributed by atoms with Crippen LogP contribution in [0.15, 0.2) is 53.3 Å². The van der Waals surface area contributed by atoms with Gasteiger partial charge in [0.15, 0.2) is 6.10 Å². The lowest BCUT2D eigenvalue weighted by atomic mass is 10.2. The maximum absolute atomic E-state index is 12.4. The second-order valence-corrected chi connectivity index (χ2v) is 6.02. The van der Waals surface area contributed by atoms with Gasteiger partial charge < -0.3 is 14.5 Å². The fourth-order valence-corrected chi connectivity index (χ4v) is 2.41. The van der Waals surface area contributed by atoms with Crippen molar-refractivity contribution in [1.29, 1.82) is 0 Å². The van der Waals surface area contributed by atoms with Crippen LogP contribution in [-0.4, -0.2) is 21.8 Å². The molecule has 1 N–H and O–H groups in total. The summed E-state index contributed by atoms with van der Waals surface area (Å²) >= 11 is 6.00. The van der Waals surface area contributed by atoms with Crippen molar-refractivity contribution in [3.63, 3.8) is 0 Å². The van der Waals surface area contributed by atoms with Crippen LogP contribution in [0.3, 0.4) is 0 Å². The van der Waals surface area contributed by atoms with Gasteiger partial charge in [-0.3, -0.25) is 4.79 Å². The standard InChI is InChI=1S/C18H18ClN3O3/c1-12-10-14(5-6-16(12)19)25-13(2)18(23)21-17-7-8-20-22(17)11-15-4-3-9-24-15/h3-10,13H,11H2,1-2H3,(H,21,23)/t13-/m0/s1. The van der Waals surface area contributed by atoms with Crippen LogP contribution in [0.5, 0.6) is 5.75 Å². The zero-order chi connectivity index (χ0) is 17.8. The molecule has 0 unspecified atom stereocenters. The number of aryl methyl sites for hydroxylation is 1. The highest BCUT2D eigenvalue weighted by atomic mass is 35.5. The lowest BCUT2D eigenvalue weighted by Crippen LogP contribution is -2.31. The number of benzene rings is 1. The maximum Gasteiger partial charge on any atom is 0.266 e. The molecule has 6 nitrogen and oxygen atoms in total. The van der Waals surface area contributed by atoms with E-state index in [1.807, 2.05) is 13.0 Å². The Morgan fingerprint density at radius 3 is 2.96 bits per heavy atom. The van der Waals surface area contributed by atoms with Gasteiger partial charge in [-0.05, 0) is 49.7 Å². The van der Waals surface area contributed by atoms with Crippen molar-refractivity contribution >= 4 is 23.3 Å². The average molecular weight is 360 g/mol. The molecule has 1 amide bonds. The second-order valence-electron chi connectivity index (χ2n) is 5.61. The first kappa shape index (κ1) is 17.1. The third-order valence-electron chi connectivity index (χ3n) is 3.67. The topological polar surface area (TPSA) is 69.3 Å². The van der Waals surface area contributed by atoms with Crippen molar-refractivity contribution in [1.82, 2.24) is 9.78 Å². The van der Waals surface area contributed by atoms with Crippen molar-refractivity contribution in [2.24, 2.45) is 0 Å². The number of aromatic nitrogens is 2. The predicted octanol–water partition coefficient (Wildman–Crippen LogP) is 3.89. The molecule has 2 heterocycles. The molecule has 0 saturated carbocycles. The van der Waals surface area contributed by atoms with E-state index in [1.54, 1.807) is 54.4 Å². The van der Waals surface area contributed by atoms with Gasteiger partial charge in [0, 0.05) is 11.1 Å². The van der Waals surface area contributed by atoms with E-state index in [9.17, 15) is 4.79 Å². The van der Waals surface area contributed by atoms with Gasteiger partial charge in [0.25, 0.3) is 5.91 Å². The third-order valence-corrected chi connectivity index (χ3v) is 4.09. The highest BCUT2D eigenvalue weighted by molar-refractivity contribution is 6.31. The number of carbonyl (C=O) groups excluding carboxylic acids is 1. The molecule has 0 aliphatic heterocycles. The maximum atomic E-state index is 12.4. The number of carbonyl (C=O) groups is 1. The molecular formula is C18H18ClN3O3. The quantitative estimate of drug-likeness (QED) is 0.724. The first-order valence-corrected chi connectivity index (χ1v) is 8.18. The monoisotopic (exact) mass is 359 g/mol. The summed E-state index contributed by atoms with van der Waals surface area (Å²) in [5.41, 5.74) is 0.892.